The lowest BCUT2D eigenvalue weighted by Gasteiger charge is -2.29. The van der Waals surface area contributed by atoms with E-state index in [1.54, 1.807) is 13.0 Å². The van der Waals surface area contributed by atoms with Gasteiger partial charge in [-0.05, 0) is 50.5 Å². The third-order valence-electron chi connectivity index (χ3n) is 3.56. The van der Waals surface area contributed by atoms with Gasteiger partial charge in [-0.2, -0.15) is 0 Å². The Morgan fingerprint density at radius 3 is 2.58 bits per heavy atom. The fraction of sp³-hybridized carbons (Fsp3) is 0.562. The van der Waals surface area contributed by atoms with E-state index in [0.29, 0.717) is 11.1 Å². The summed E-state index contributed by atoms with van der Waals surface area (Å²) in [6, 6.07) is 4.58. The van der Waals surface area contributed by atoms with Gasteiger partial charge in [0.15, 0.2) is 0 Å². The van der Waals surface area contributed by atoms with Gasteiger partial charge in [0.05, 0.1) is 0 Å². The Labute approximate surface area is 115 Å². The number of hydrogen-bond donors (Lipinski definition) is 0. The Kier molecular flexibility index (Phi) is 6.00. The van der Waals surface area contributed by atoms with Crippen LogP contribution in [0, 0.1) is 12.7 Å². The topological polar surface area (TPSA) is 20.3 Å². The van der Waals surface area contributed by atoms with Crippen molar-refractivity contribution < 1.29 is 9.18 Å². The molecule has 1 unspecified atom stereocenters. The molecule has 1 rings (SSSR count). The Morgan fingerprint density at radius 2 is 2.05 bits per heavy atom. The maximum atomic E-state index is 13.1. The zero-order chi connectivity index (χ0) is 14.4. The third-order valence-corrected chi connectivity index (χ3v) is 3.56. The van der Waals surface area contributed by atoms with E-state index in [0.717, 1.165) is 25.8 Å². The normalized spacial score (nSPS) is 12.3. The first-order valence-electron chi connectivity index (χ1n) is 7.08. The second-order valence-corrected chi connectivity index (χ2v) is 5.07. The summed E-state index contributed by atoms with van der Waals surface area (Å²) in [5, 5.41) is 0. The predicted molar refractivity (Wildman–Crippen MR) is 76.8 cm³/mol. The SMILES string of the molecule is CCCCN(C(=O)c1ccc(F)cc1C)C(C)CC. The van der Waals surface area contributed by atoms with Gasteiger partial charge >= 0.3 is 0 Å². The number of carbonyl (C=O) groups is 1. The number of nitrogens with zero attached hydrogens (tertiary/aromatic N) is 1. The molecule has 1 aromatic rings. The lowest BCUT2D eigenvalue weighted by Crippen LogP contribution is -2.39. The molecule has 0 saturated carbocycles. The van der Waals surface area contributed by atoms with Gasteiger partial charge in [-0.15, -0.1) is 0 Å². The molecule has 0 heterocycles. The first kappa shape index (κ1) is 15.7. The molecule has 0 aliphatic rings. The number of halogens is 1. The average Bonchev–Trinajstić information content (AvgIpc) is 2.38. The molecule has 0 radical (unpaired) electrons. The molecule has 0 bridgehead atoms. The highest BCUT2D eigenvalue weighted by Crippen LogP contribution is 2.16. The van der Waals surface area contributed by atoms with Gasteiger partial charge in [-0.25, -0.2) is 4.39 Å². The lowest BCUT2D eigenvalue weighted by molar-refractivity contribution is 0.0684. The maximum absolute atomic E-state index is 13.1. The quantitative estimate of drug-likeness (QED) is 0.755. The van der Waals surface area contributed by atoms with Gasteiger partial charge in [0, 0.05) is 18.2 Å². The van der Waals surface area contributed by atoms with Crippen LogP contribution in [-0.2, 0) is 0 Å². The van der Waals surface area contributed by atoms with Crippen molar-refractivity contribution in [1.82, 2.24) is 4.90 Å². The molecule has 1 amide bonds. The highest BCUT2D eigenvalue weighted by Gasteiger charge is 2.21. The molecule has 0 aliphatic carbocycles. The van der Waals surface area contributed by atoms with Crippen LogP contribution in [0.2, 0.25) is 0 Å². The van der Waals surface area contributed by atoms with Gasteiger partial charge < -0.3 is 4.90 Å². The van der Waals surface area contributed by atoms with E-state index in [1.165, 1.54) is 12.1 Å². The van der Waals surface area contributed by atoms with Gasteiger partial charge in [-0.1, -0.05) is 20.3 Å². The summed E-state index contributed by atoms with van der Waals surface area (Å²) in [5.74, 6) is -0.280. The smallest absolute Gasteiger partial charge is 0.254 e. The van der Waals surface area contributed by atoms with Crippen molar-refractivity contribution in [3.63, 3.8) is 0 Å². The van der Waals surface area contributed by atoms with E-state index in [9.17, 15) is 9.18 Å². The maximum Gasteiger partial charge on any atom is 0.254 e. The minimum Gasteiger partial charge on any atom is -0.336 e. The number of benzene rings is 1. The molecule has 3 heteroatoms. The summed E-state index contributed by atoms with van der Waals surface area (Å²) in [4.78, 5) is 14.5. The summed E-state index contributed by atoms with van der Waals surface area (Å²) in [6.45, 7) is 8.80. The van der Waals surface area contributed by atoms with Crippen LogP contribution in [-0.4, -0.2) is 23.4 Å². The molecule has 0 saturated heterocycles. The summed E-state index contributed by atoms with van der Waals surface area (Å²) in [5.41, 5.74) is 1.31. The van der Waals surface area contributed by atoms with Crippen molar-refractivity contribution >= 4 is 5.91 Å². The number of hydrogen-bond acceptors (Lipinski definition) is 1. The third kappa shape index (κ3) is 4.05. The standard InChI is InChI=1S/C16H24FNO/c1-5-7-10-18(13(4)6-2)16(19)15-9-8-14(17)11-12(15)3/h8-9,11,13H,5-7,10H2,1-4H3. The van der Waals surface area contributed by atoms with Crippen LogP contribution in [0.5, 0.6) is 0 Å². The van der Waals surface area contributed by atoms with E-state index >= 15 is 0 Å². The predicted octanol–water partition coefficient (Wildman–Crippen LogP) is 4.17. The molecule has 2 nitrogen and oxygen atoms in total. The average molecular weight is 265 g/mol. The van der Waals surface area contributed by atoms with Crippen LogP contribution >= 0.6 is 0 Å². The second-order valence-electron chi connectivity index (χ2n) is 5.07. The molecule has 1 atom stereocenters. The largest absolute Gasteiger partial charge is 0.336 e. The van der Waals surface area contributed by atoms with E-state index in [1.807, 2.05) is 4.90 Å². The van der Waals surface area contributed by atoms with Crippen LogP contribution in [0.15, 0.2) is 18.2 Å². The van der Waals surface area contributed by atoms with Crippen molar-refractivity contribution in [1.29, 1.82) is 0 Å². The van der Waals surface area contributed by atoms with Crippen molar-refractivity contribution in [2.24, 2.45) is 0 Å². The van der Waals surface area contributed by atoms with E-state index < -0.39 is 0 Å². The summed E-state index contributed by atoms with van der Waals surface area (Å²) < 4.78 is 13.1. The number of unbranched alkanes of at least 4 members (excludes halogenated alkanes) is 1. The fourth-order valence-electron chi connectivity index (χ4n) is 2.09. The van der Waals surface area contributed by atoms with Crippen LogP contribution in [0.25, 0.3) is 0 Å². The van der Waals surface area contributed by atoms with Crippen molar-refractivity contribution in [3.05, 3.63) is 35.1 Å². The molecule has 1 aromatic carbocycles. The minimum absolute atomic E-state index is 0.0142. The number of aryl methyl sites for hydroxylation is 1. The van der Waals surface area contributed by atoms with Crippen molar-refractivity contribution in [3.8, 4) is 0 Å². The molecule has 0 aromatic heterocycles. The molecule has 0 spiro atoms. The van der Waals surface area contributed by atoms with Crippen molar-refractivity contribution in [2.75, 3.05) is 6.54 Å². The first-order valence-corrected chi connectivity index (χ1v) is 7.08. The number of carbonyl (C=O) groups excluding carboxylic acids is 1. The molecule has 19 heavy (non-hydrogen) atoms. The first-order chi connectivity index (χ1) is 9.01. The Morgan fingerprint density at radius 1 is 1.37 bits per heavy atom. The van der Waals surface area contributed by atoms with Gasteiger partial charge in [-0.3, -0.25) is 4.79 Å². The van der Waals surface area contributed by atoms with Gasteiger partial charge in [0.25, 0.3) is 5.91 Å². The summed E-state index contributed by atoms with van der Waals surface area (Å²) in [6.07, 6.45) is 2.98. The van der Waals surface area contributed by atoms with Crippen LogP contribution < -0.4 is 0 Å². The van der Waals surface area contributed by atoms with Crippen LogP contribution in [0.4, 0.5) is 4.39 Å². The zero-order valence-corrected chi connectivity index (χ0v) is 12.4. The number of amides is 1. The minimum atomic E-state index is -0.294. The summed E-state index contributed by atoms with van der Waals surface area (Å²) in [7, 11) is 0. The highest BCUT2D eigenvalue weighted by molar-refractivity contribution is 5.95. The number of rotatable bonds is 6. The Hall–Kier alpha value is -1.38. The molecule has 0 N–H and O–H groups in total. The van der Waals surface area contributed by atoms with E-state index in [-0.39, 0.29) is 17.8 Å². The van der Waals surface area contributed by atoms with Crippen LogP contribution in [0.1, 0.15) is 56.0 Å². The van der Waals surface area contributed by atoms with Crippen LogP contribution in [0.3, 0.4) is 0 Å². The second kappa shape index (κ2) is 7.27. The molecule has 0 fully saturated rings. The molecule has 106 valence electrons. The molecular weight excluding hydrogens is 241 g/mol. The Bertz CT molecular complexity index is 431. The Balaban J connectivity index is 2.97. The van der Waals surface area contributed by atoms with E-state index in [4.69, 9.17) is 0 Å². The van der Waals surface area contributed by atoms with E-state index in [2.05, 4.69) is 20.8 Å². The highest BCUT2D eigenvalue weighted by atomic mass is 19.1. The van der Waals surface area contributed by atoms with Gasteiger partial charge in [0.2, 0.25) is 0 Å². The fourth-order valence-corrected chi connectivity index (χ4v) is 2.09. The zero-order valence-electron chi connectivity index (χ0n) is 12.4. The lowest BCUT2D eigenvalue weighted by atomic mass is 10.1. The monoisotopic (exact) mass is 265 g/mol. The summed E-state index contributed by atoms with van der Waals surface area (Å²) >= 11 is 0. The van der Waals surface area contributed by atoms with Gasteiger partial charge in [0.1, 0.15) is 5.82 Å². The molecule has 0 aliphatic heterocycles. The van der Waals surface area contributed by atoms with Crippen molar-refractivity contribution in [2.45, 2.75) is 53.0 Å². The molecular formula is C16H24FNO.